The van der Waals surface area contributed by atoms with E-state index in [0.29, 0.717) is 5.56 Å². The topological polar surface area (TPSA) is 23.8 Å². The first kappa shape index (κ1) is 14.5. The van der Waals surface area contributed by atoms with Gasteiger partial charge in [0.05, 0.1) is 21.7 Å². The molecule has 0 bridgehead atoms. The molecular weight excluding hydrogens is 303 g/mol. The average molecular weight is 310 g/mol. The van der Waals surface area contributed by atoms with Gasteiger partial charge in [0.25, 0.3) is 0 Å². The van der Waals surface area contributed by atoms with E-state index >= 15 is 0 Å². The fourth-order valence-corrected chi connectivity index (χ4v) is 1.93. The quantitative estimate of drug-likeness (QED) is 0.543. The van der Waals surface area contributed by atoms with Gasteiger partial charge in [-0.15, -0.1) is 0 Å². The molecule has 0 spiro atoms. The molecule has 1 nitrogen and oxygen atoms in total. The number of nitrogens with zero attached hydrogens (tertiary/aromatic N) is 1. The zero-order valence-corrected chi connectivity index (χ0v) is 11.5. The molecule has 0 N–H and O–H groups in total. The lowest BCUT2D eigenvalue weighted by atomic mass is 10.0. The van der Waals surface area contributed by atoms with Gasteiger partial charge >= 0.3 is 0 Å². The second kappa shape index (κ2) is 6.04. The zero-order valence-electron chi connectivity index (χ0n) is 10.0. The van der Waals surface area contributed by atoms with Gasteiger partial charge in [0.15, 0.2) is 0 Å². The van der Waals surface area contributed by atoms with E-state index in [2.05, 4.69) is 0 Å². The summed E-state index contributed by atoms with van der Waals surface area (Å²) in [6.07, 6.45) is 1.31. The Morgan fingerprint density at radius 1 is 1.10 bits per heavy atom. The van der Waals surface area contributed by atoms with Gasteiger partial charge in [0, 0.05) is 5.56 Å². The van der Waals surface area contributed by atoms with E-state index in [9.17, 15) is 8.78 Å². The summed E-state index contributed by atoms with van der Waals surface area (Å²) >= 11 is 11.2. The number of benzene rings is 2. The molecule has 2 aromatic carbocycles. The Labute approximate surface area is 124 Å². The lowest BCUT2D eigenvalue weighted by Crippen LogP contribution is -1.88. The van der Waals surface area contributed by atoms with Crippen LogP contribution in [0.15, 0.2) is 36.4 Å². The summed E-state index contributed by atoms with van der Waals surface area (Å²) < 4.78 is 27.2. The largest absolute Gasteiger partial charge is 0.205 e. The van der Waals surface area contributed by atoms with E-state index in [1.807, 2.05) is 6.07 Å². The normalized spacial score (nSPS) is 11.2. The maximum absolute atomic E-state index is 13.8. The molecule has 2 rings (SSSR count). The van der Waals surface area contributed by atoms with Gasteiger partial charge in [-0.2, -0.15) is 5.26 Å². The Morgan fingerprint density at radius 3 is 2.50 bits per heavy atom. The molecule has 2 aromatic rings. The molecule has 0 saturated carbocycles. The average Bonchev–Trinajstić information content (AvgIpc) is 2.44. The monoisotopic (exact) mass is 309 g/mol. The maximum atomic E-state index is 13.8. The predicted molar refractivity (Wildman–Crippen MR) is 76.3 cm³/mol. The number of allylic oxidation sites excluding steroid dienone is 1. The van der Waals surface area contributed by atoms with Crippen molar-refractivity contribution in [3.8, 4) is 6.07 Å². The van der Waals surface area contributed by atoms with Crippen LogP contribution in [0.3, 0.4) is 0 Å². The maximum Gasteiger partial charge on any atom is 0.149 e. The van der Waals surface area contributed by atoms with E-state index < -0.39 is 11.6 Å². The van der Waals surface area contributed by atoms with Crippen LogP contribution < -0.4 is 0 Å². The van der Waals surface area contributed by atoms with Crippen molar-refractivity contribution in [1.29, 1.82) is 5.26 Å². The highest BCUT2D eigenvalue weighted by atomic mass is 35.5. The van der Waals surface area contributed by atoms with Crippen LogP contribution >= 0.6 is 23.2 Å². The summed E-state index contributed by atoms with van der Waals surface area (Å²) in [5, 5.41) is 9.05. The molecule has 100 valence electrons. The van der Waals surface area contributed by atoms with E-state index in [1.54, 1.807) is 6.07 Å². The number of halogens is 4. The summed E-state index contributed by atoms with van der Waals surface area (Å²) in [6.45, 7) is 0. The molecule has 0 aliphatic heterocycles. The molecule has 0 heterocycles. The van der Waals surface area contributed by atoms with Crippen molar-refractivity contribution < 1.29 is 8.78 Å². The van der Waals surface area contributed by atoms with Crippen LogP contribution in [-0.2, 0) is 0 Å². The van der Waals surface area contributed by atoms with E-state index in [-0.39, 0.29) is 21.2 Å². The molecule has 0 atom stereocenters. The van der Waals surface area contributed by atoms with Gasteiger partial charge < -0.3 is 0 Å². The molecular formula is C15H7Cl2F2N. The molecule has 0 unspecified atom stereocenters. The molecule has 20 heavy (non-hydrogen) atoms. The Balaban J connectivity index is 2.52. The SMILES string of the molecule is N#C/C(=C\c1cccc(Cl)c1F)c1ccc(Cl)c(F)c1. The minimum Gasteiger partial charge on any atom is -0.205 e. The van der Waals surface area contributed by atoms with Crippen molar-refractivity contribution in [2.75, 3.05) is 0 Å². The van der Waals surface area contributed by atoms with Gasteiger partial charge in [0.1, 0.15) is 11.6 Å². The molecule has 0 aliphatic carbocycles. The van der Waals surface area contributed by atoms with E-state index in [1.165, 1.54) is 30.3 Å². The first-order chi connectivity index (χ1) is 9.52. The lowest BCUT2D eigenvalue weighted by Gasteiger charge is -2.03. The minimum atomic E-state index is -0.642. The van der Waals surface area contributed by atoms with Crippen LogP contribution in [0.5, 0.6) is 0 Å². The van der Waals surface area contributed by atoms with E-state index in [0.717, 1.165) is 6.07 Å². The predicted octanol–water partition coefficient (Wildman–Crippen LogP) is 5.34. The van der Waals surface area contributed by atoms with Crippen molar-refractivity contribution in [1.82, 2.24) is 0 Å². The highest BCUT2D eigenvalue weighted by Gasteiger charge is 2.09. The van der Waals surface area contributed by atoms with Crippen LogP contribution in [0, 0.1) is 23.0 Å². The molecule has 0 fully saturated rings. The van der Waals surface area contributed by atoms with Gasteiger partial charge in [-0.1, -0.05) is 41.4 Å². The van der Waals surface area contributed by atoms with Crippen molar-refractivity contribution >= 4 is 34.9 Å². The zero-order chi connectivity index (χ0) is 14.7. The van der Waals surface area contributed by atoms with Crippen LogP contribution in [0.25, 0.3) is 11.6 Å². The number of rotatable bonds is 2. The molecule has 0 amide bonds. The third-order valence-electron chi connectivity index (χ3n) is 2.63. The van der Waals surface area contributed by atoms with Crippen molar-refractivity contribution in [2.45, 2.75) is 0 Å². The summed E-state index contributed by atoms with van der Waals surface area (Å²) in [5.74, 6) is -1.27. The van der Waals surface area contributed by atoms with Crippen molar-refractivity contribution in [2.24, 2.45) is 0 Å². The van der Waals surface area contributed by atoms with Gasteiger partial charge in [-0.05, 0) is 29.8 Å². The summed E-state index contributed by atoms with van der Waals surface area (Å²) in [6, 6.07) is 10.3. The smallest absolute Gasteiger partial charge is 0.149 e. The first-order valence-corrected chi connectivity index (χ1v) is 6.29. The Kier molecular flexibility index (Phi) is 4.39. The Bertz CT molecular complexity index is 733. The second-order valence-electron chi connectivity index (χ2n) is 3.94. The highest BCUT2D eigenvalue weighted by Crippen LogP contribution is 2.25. The number of nitriles is 1. The summed E-state index contributed by atoms with van der Waals surface area (Å²) in [7, 11) is 0. The van der Waals surface area contributed by atoms with Crippen molar-refractivity contribution in [3.63, 3.8) is 0 Å². The fraction of sp³-hybridized carbons (Fsp3) is 0. The van der Waals surface area contributed by atoms with Crippen LogP contribution in [0.2, 0.25) is 10.0 Å². The Hall–Kier alpha value is -1.89. The first-order valence-electron chi connectivity index (χ1n) is 5.54. The van der Waals surface area contributed by atoms with Gasteiger partial charge in [0.2, 0.25) is 0 Å². The van der Waals surface area contributed by atoms with Crippen LogP contribution in [-0.4, -0.2) is 0 Å². The molecule has 0 aliphatic rings. The molecule has 0 aromatic heterocycles. The van der Waals surface area contributed by atoms with Crippen molar-refractivity contribution in [3.05, 3.63) is 69.2 Å². The third-order valence-corrected chi connectivity index (χ3v) is 3.23. The number of hydrogen-bond donors (Lipinski definition) is 0. The lowest BCUT2D eigenvalue weighted by molar-refractivity contribution is 0.625. The number of hydrogen-bond acceptors (Lipinski definition) is 1. The van der Waals surface area contributed by atoms with Gasteiger partial charge in [-0.3, -0.25) is 0 Å². The van der Waals surface area contributed by atoms with E-state index in [4.69, 9.17) is 28.5 Å². The minimum absolute atomic E-state index is 0.0417. The van der Waals surface area contributed by atoms with Gasteiger partial charge in [-0.25, -0.2) is 8.78 Å². The van der Waals surface area contributed by atoms with Crippen LogP contribution in [0.4, 0.5) is 8.78 Å². The standard InChI is InChI=1S/C15H7Cl2F2N/c16-12-5-4-9(7-14(12)18)11(8-20)6-10-2-1-3-13(17)15(10)19/h1-7H/b11-6+. The third kappa shape index (κ3) is 2.98. The molecule has 0 radical (unpaired) electrons. The molecule has 5 heteroatoms. The highest BCUT2D eigenvalue weighted by molar-refractivity contribution is 6.31. The summed E-state index contributed by atoms with van der Waals surface area (Å²) in [5.41, 5.74) is 0.583. The second-order valence-corrected chi connectivity index (χ2v) is 4.76. The summed E-state index contributed by atoms with van der Waals surface area (Å²) in [4.78, 5) is 0. The molecule has 0 saturated heterocycles. The Morgan fingerprint density at radius 2 is 1.85 bits per heavy atom. The van der Waals surface area contributed by atoms with Crippen LogP contribution in [0.1, 0.15) is 11.1 Å². The fourth-order valence-electron chi connectivity index (χ4n) is 1.63.